The summed E-state index contributed by atoms with van der Waals surface area (Å²) in [5.74, 6) is -0.114. The third kappa shape index (κ3) is 3.39. The molecule has 0 bridgehead atoms. The van der Waals surface area contributed by atoms with Crippen molar-refractivity contribution >= 4 is 5.91 Å². The van der Waals surface area contributed by atoms with Crippen molar-refractivity contribution < 1.29 is 4.79 Å². The number of nitrogens with one attached hydrogen (secondary N) is 1. The van der Waals surface area contributed by atoms with Gasteiger partial charge in [-0.15, -0.1) is 5.10 Å². The molecule has 2 rings (SSSR count). The number of nitrogens with zero attached hydrogens (tertiary/aromatic N) is 4. The van der Waals surface area contributed by atoms with Crippen LogP contribution in [-0.2, 0) is 0 Å². The van der Waals surface area contributed by atoms with Gasteiger partial charge in [0.05, 0.1) is 5.69 Å². The van der Waals surface area contributed by atoms with E-state index >= 15 is 0 Å². The number of amides is 1. The largest absolute Gasteiger partial charge is 0.348 e. The summed E-state index contributed by atoms with van der Waals surface area (Å²) in [6.07, 6.45) is 3.37. The Balaban J connectivity index is 2.04. The summed E-state index contributed by atoms with van der Waals surface area (Å²) in [5, 5.41) is 13.8. The molecule has 0 fully saturated rings. The van der Waals surface area contributed by atoms with Gasteiger partial charge in [-0.2, -0.15) is 0 Å². The van der Waals surface area contributed by atoms with Crippen LogP contribution < -0.4 is 11.1 Å². The standard InChI is InChI=1S/C13H18N6O/c1-2-3-11(8-14)16-13(20)10-4-6-12(7-5-10)19-9-15-17-18-19/h4-7,9,11H,2-3,8,14H2,1H3,(H,16,20). The van der Waals surface area contributed by atoms with Crippen molar-refractivity contribution in [3.63, 3.8) is 0 Å². The Hall–Kier alpha value is -2.28. The molecule has 0 saturated carbocycles. The molecule has 0 saturated heterocycles. The molecule has 7 nitrogen and oxygen atoms in total. The quantitative estimate of drug-likeness (QED) is 0.800. The Morgan fingerprint density at radius 3 is 2.70 bits per heavy atom. The van der Waals surface area contributed by atoms with Gasteiger partial charge in [-0.1, -0.05) is 13.3 Å². The van der Waals surface area contributed by atoms with Gasteiger partial charge in [0.2, 0.25) is 0 Å². The van der Waals surface area contributed by atoms with E-state index in [2.05, 4.69) is 27.8 Å². The fraction of sp³-hybridized carbons (Fsp3) is 0.385. The normalized spacial score (nSPS) is 12.1. The van der Waals surface area contributed by atoms with E-state index in [1.165, 1.54) is 11.0 Å². The second-order valence-electron chi connectivity index (χ2n) is 4.50. The van der Waals surface area contributed by atoms with Crippen LogP contribution in [0, 0.1) is 0 Å². The summed E-state index contributed by atoms with van der Waals surface area (Å²) in [7, 11) is 0. The summed E-state index contributed by atoms with van der Waals surface area (Å²) >= 11 is 0. The van der Waals surface area contributed by atoms with Crippen LogP contribution >= 0.6 is 0 Å². The monoisotopic (exact) mass is 274 g/mol. The molecule has 0 aliphatic heterocycles. The van der Waals surface area contributed by atoms with Crippen molar-refractivity contribution in [3.8, 4) is 5.69 Å². The first kappa shape index (κ1) is 14.1. The van der Waals surface area contributed by atoms with Crippen molar-refractivity contribution in [3.05, 3.63) is 36.2 Å². The molecule has 1 amide bonds. The summed E-state index contributed by atoms with van der Waals surface area (Å²) < 4.78 is 1.53. The van der Waals surface area contributed by atoms with E-state index in [-0.39, 0.29) is 11.9 Å². The van der Waals surface area contributed by atoms with Crippen molar-refractivity contribution in [2.45, 2.75) is 25.8 Å². The highest BCUT2D eigenvalue weighted by molar-refractivity contribution is 5.94. The average Bonchev–Trinajstić information content (AvgIpc) is 3.01. The lowest BCUT2D eigenvalue weighted by Gasteiger charge is -2.15. The summed E-state index contributed by atoms with van der Waals surface area (Å²) in [5.41, 5.74) is 7.03. The molecule has 1 aromatic heterocycles. The molecule has 1 atom stereocenters. The third-order valence-corrected chi connectivity index (χ3v) is 3.00. The highest BCUT2D eigenvalue weighted by Gasteiger charge is 2.11. The molecule has 3 N–H and O–H groups in total. The first-order valence-corrected chi connectivity index (χ1v) is 6.59. The first-order chi connectivity index (χ1) is 9.74. The molecule has 106 valence electrons. The maximum atomic E-state index is 12.1. The van der Waals surface area contributed by atoms with Gasteiger partial charge in [0.1, 0.15) is 6.33 Å². The number of hydrogen-bond donors (Lipinski definition) is 2. The highest BCUT2D eigenvalue weighted by Crippen LogP contribution is 2.08. The summed E-state index contributed by atoms with van der Waals surface area (Å²) in [6.45, 7) is 2.51. The Kier molecular flexibility index (Phi) is 4.78. The number of hydrogen-bond acceptors (Lipinski definition) is 5. The maximum Gasteiger partial charge on any atom is 0.251 e. The Bertz CT molecular complexity index is 536. The molecule has 0 spiro atoms. The molecule has 2 aromatic rings. The number of aromatic nitrogens is 4. The van der Waals surface area contributed by atoms with Gasteiger partial charge in [0.15, 0.2) is 0 Å². The van der Waals surface area contributed by atoms with Crippen molar-refractivity contribution in [2.75, 3.05) is 6.54 Å². The highest BCUT2D eigenvalue weighted by atomic mass is 16.1. The molecular formula is C13H18N6O. The van der Waals surface area contributed by atoms with Crippen LogP contribution in [0.1, 0.15) is 30.1 Å². The van der Waals surface area contributed by atoms with E-state index in [4.69, 9.17) is 5.73 Å². The second kappa shape index (κ2) is 6.76. The van der Waals surface area contributed by atoms with Gasteiger partial charge in [0, 0.05) is 18.2 Å². The molecule has 1 aromatic carbocycles. The lowest BCUT2D eigenvalue weighted by atomic mass is 10.1. The number of carbonyl (C=O) groups is 1. The predicted octanol–water partition coefficient (Wildman–Crippen LogP) is 0.519. The van der Waals surface area contributed by atoms with Crippen molar-refractivity contribution in [2.24, 2.45) is 5.73 Å². The summed E-state index contributed by atoms with van der Waals surface area (Å²) in [4.78, 5) is 12.1. The average molecular weight is 274 g/mol. The van der Waals surface area contributed by atoms with Crippen LogP contribution in [0.4, 0.5) is 0 Å². The lowest BCUT2D eigenvalue weighted by Crippen LogP contribution is -2.40. The molecule has 0 aliphatic carbocycles. The fourth-order valence-electron chi connectivity index (χ4n) is 1.91. The molecule has 1 unspecified atom stereocenters. The third-order valence-electron chi connectivity index (χ3n) is 3.00. The van der Waals surface area contributed by atoms with Crippen molar-refractivity contribution in [1.29, 1.82) is 0 Å². The minimum absolute atomic E-state index is 0.0201. The molecule has 7 heteroatoms. The predicted molar refractivity (Wildman–Crippen MR) is 74.4 cm³/mol. The minimum Gasteiger partial charge on any atom is -0.348 e. The van der Waals surface area contributed by atoms with Crippen LogP contribution in [0.25, 0.3) is 5.69 Å². The number of benzene rings is 1. The molecular weight excluding hydrogens is 256 g/mol. The minimum atomic E-state index is -0.114. The van der Waals surface area contributed by atoms with Gasteiger partial charge >= 0.3 is 0 Å². The maximum absolute atomic E-state index is 12.1. The Morgan fingerprint density at radius 2 is 2.15 bits per heavy atom. The van der Waals surface area contributed by atoms with Gasteiger partial charge in [-0.3, -0.25) is 4.79 Å². The smallest absolute Gasteiger partial charge is 0.251 e. The zero-order valence-electron chi connectivity index (χ0n) is 11.4. The molecule has 1 heterocycles. The van der Waals surface area contributed by atoms with Gasteiger partial charge in [-0.05, 0) is 41.1 Å². The van der Waals surface area contributed by atoms with E-state index < -0.39 is 0 Å². The van der Waals surface area contributed by atoms with Crippen molar-refractivity contribution in [1.82, 2.24) is 25.5 Å². The van der Waals surface area contributed by atoms with E-state index in [0.29, 0.717) is 12.1 Å². The molecule has 20 heavy (non-hydrogen) atoms. The van der Waals surface area contributed by atoms with Crippen LogP contribution in [0.2, 0.25) is 0 Å². The van der Waals surface area contributed by atoms with E-state index in [9.17, 15) is 4.79 Å². The van der Waals surface area contributed by atoms with Gasteiger partial charge < -0.3 is 11.1 Å². The zero-order chi connectivity index (χ0) is 14.4. The summed E-state index contributed by atoms with van der Waals surface area (Å²) in [6, 6.07) is 7.09. The topological polar surface area (TPSA) is 98.7 Å². The second-order valence-corrected chi connectivity index (χ2v) is 4.50. The first-order valence-electron chi connectivity index (χ1n) is 6.59. The van der Waals surface area contributed by atoms with Crippen LogP contribution in [-0.4, -0.2) is 38.7 Å². The Labute approximate surface area is 117 Å². The van der Waals surface area contributed by atoms with Gasteiger partial charge in [-0.25, -0.2) is 4.68 Å². The van der Waals surface area contributed by atoms with E-state index in [1.54, 1.807) is 24.3 Å². The molecule has 0 radical (unpaired) electrons. The molecule has 0 aliphatic rings. The number of nitrogens with two attached hydrogens (primary N) is 1. The van der Waals surface area contributed by atoms with E-state index in [1.807, 2.05) is 0 Å². The number of tetrazole rings is 1. The van der Waals surface area contributed by atoms with Crippen LogP contribution in [0.15, 0.2) is 30.6 Å². The zero-order valence-corrected chi connectivity index (χ0v) is 11.4. The fourth-order valence-corrected chi connectivity index (χ4v) is 1.91. The number of carbonyl (C=O) groups excluding carboxylic acids is 1. The number of rotatable bonds is 6. The SMILES string of the molecule is CCCC(CN)NC(=O)c1ccc(-n2cnnn2)cc1. The van der Waals surface area contributed by atoms with Crippen LogP contribution in [0.5, 0.6) is 0 Å². The Morgan fingerprint density at radius 1 is 1.40 bits per heavy atom. The lowest BCUT2D eigenvalue weighted by molar-refractivity contribution is 0.0936. The van der Waals surface area contributed by atoms with Crippen LogP contribution in [0.3, 0.4) is 0 Å². The van der Waals surface area contributed by atoms with Gasteiger partial charge in [0.25, 0.3) is 5.91 Å². The van der Waals surface area contributed by atoms with E-state index in [0.717, 1.165) is 18.5 Å².